The summed E-state index contributed by atoms with van der Waals surface area (Å²) in [5, 5.41) is 18.0. The first kappa shape index (κ1) is 14.3. The molecular weight excluding hydrogens is 284 g/mol. The van der Waals surface area contributed by atoms with Crippen LogP contribution in [0, 0.1) is 10.1 Å². The number of fused-ring (bicyclic) bond motifs is 1. The molecule has 0 unspecified atom stereocenters. The summed E-state index contributed by atoms with van der Waals surface area (Å²) in [5.74, 6) is 0. The van der Waals surface area contributed by atoms with Gasteiger partial charge in [-0.3, -0.25) is 10.1 Å². The van der Waals surface area contributed by atoms with Gasteiger partial charge in [0.2, 0.25) is 0 Å². The molecule has 1 aromatic heterocycles. The van der Waals surface area contributed by atoms with Gasteiger partial charge in [-0.1, -0.05) is 24.9 Å². The second kappa shape index (κ2) is 5.87. The Morgan fingerprint density at radius 1 is 1.55 bits per heavy atom. The number of carbonyl (C=O) groups excluding carboxylic acids is 1. The lowest BCUT2D eigenvalue weighted by Gasteiger charge is -2.04. The van der Waals surface area contributed by atoms with Crippen LogP contribution in [-0.2, 0) is 0 Å². The monoisotopic (exact) mass is 296 g/mol. The fraction of sp³-hybridized carbons (Fsp3) is 0.333. The molecule has 0 radical (unpaired) electrons. The number of rotatable bonds is 4. The van der Waals surface area contributed by atoms with Gasteiger partial charge in [0.05, 0.1) is 10.4 Å². The third kappa shape index (κ3) is 2.72. The van der Waals surface area contributed by atoms with E-state index in [1.165, 1.54) is 18.2 Å². The maximum absolute atomic E-state index is 12.0. The number of aromatic nitrogens is 2. The van der Waals surface area contributed by atoms with Crippen LogP contribution in [-0.4, -0.2) is 27.3 Å². The Labute approximate surface area is 119 Å². The number of nitro groups is 1. The Hall–Kier alpha value is -2.15. The van der Waals surface area contributed by atoms with Crippen molar-refractivity contribution in [1.29, 1.82) is 0 Å². The number of hydrogen-bond donors (Lipinski definition) is 1. The van der Waals surface area contributed by atoms with E-state index in [0.29, 0.717) is 17.4 Å². The number of carbonyl (C=O) groups is 1. The van der Waals surface area contributed by atoms with Crippen LogP contribution in [0.1, 0.15) is 19.8 Å². The summed E-state index contributed by atoms with van der Waals surface area (Å²) >= 11 is 5.93. The third-order valence-corrected chi connectivity index (χ3v) is 3.11. The van der Waals surface area contributed by atoms with Crippen LogP contribution in [0.4, 0.5) is 10.5 Å². The van der Waals surface area contributed by atoms with Crippen LogP contribution in [0.25, 0.3) is 10.9 Å². The first-order valence-corrected chi connectivity index (χ1v) is 6.53. The van der Waals surface area contributed by atoms with Crippen LogP contribution in [0.5, 0.6) is 0 Å². The highest BCUT2D eigenvalue weighted by molar-refractivity contribution is 6.34. The van der Waals surface area contributed by atoms with Crippen LogP contribution < -0.4 is 5.32 Å². The van der Waals surface area contributed by atoms with E-state index in [9.17, 15) is 14.9 Å². The van der Waals surface area contributed by atoms with Gasteiger partial charge in [0.15, 0.2) is 5.15 Å². The largest absolute Gasteiger partial charge is 0.342 e. The van der Waals surface area contributed by atoms with E-state index in [0.717, 1.165) is 17.5 Å². The molecule has 8 heteroatoms. The van der Waals surface area contributed by atoms with E-state index < -0.39 is 11.0 Å². The maximum Gasteiger partial charge on any atom is 0.342 e. The second-order valence-electron chi connectivity index (χ2n) is 4.25. The Bertz CT molecular complexity index is 668. The fourth-order valence-electron chi connectivity index (χ4n) is 1.78. The number of benzene rings is 1. The zero-order chi connectivity index (χ0) is 14.7. The smallest absolute Gasteiger partial charge is 0.336 e. The number of hydrogen-bond acceptors (Lipinski definition) is 4. The lowest BCUT2D eigenvalue weighted by molar-refractivity contribution is -0.384. The summed E-state index contributed by atoms with van der Waals surface area (Å²) in [7, 11) is 0. The molecule has 0 saturated carbocycles. The molecule has 106 valence electrons. The van der Waals surface area contributed by atoms with Crippen molar-refractivity contribution in [1.82, 2.24) is 15.1 Å². The molecule has 0 aliphatic carbocycles. The molecule has 1 aromatic carbocycles. The van der Waals surface area contributed by atoms with E-state index in [-0.39, 0.29) is 10.8 Å². The Morgan fingerprint density at radius 3 is 2.95 bits per heavy atom. The molecule has 0 aliphatic heterocycles. The molecule has 0 aliphatic rings. The van der Waals surface area contributed by atoms with Gasteiger partial charge in [-0.25, -0.2) is 4.79 Å². The quantitative estimate of drug-likeness (QED) is 0.533. The van der Waals surface area contributed by atoms with Crippen LogP contribution >= 0.6 is 11.6 Å². The van der Waals surface area contributed by atoms with Crippen molar-refractivity contribution in [3.8, 4) is 0 Å². The van der Waals surface area contributed by atoms with Gasteiger partial charge in [-0.2, -0.15) is 9.78 Å². The van der Waals surface area contributed by atoms with Gasteiger partial charge < -0.3 is 5.32 Å². The highest BCUT2D eigenvalue weighted by Crippen LogP contribution is 2.26. The van der Waals surface area contributed by atoms with Crippen LogP contribution in [0.3, 0.4) is 0 Å². The van der Waals surface area contributed by atoms with Crippen molar-refractivity contribution in [2.45, 2.75) is 19.8 Å². The standard InChI is InChI=1S/C12H13ClN4O3/c1-2-3-6-14-12(18)16-10-7-8(17(19)20)4-5-9(10)11(13)15-16/h4-5,7H,2-3,6H2,1H3,(H,14,18). The first-order chi connectivity index (χ1) is 9.54. The number of nitrogens with one attached hydrogen (secondary N) is 1. The molecule has 2 rings (SSSR count). The minimum absolute atomic E-state index is 0.114. The van der Waals surface area contributed by atoms with Crippen molar-refractivity contribution in [3.05, 3.63) is 33.5 Å². The number of non-ortho nitro benzene ring substituents is 1. The molecule has 0 spiro atoms. The molecule has 7 nitrogen and oxygen atoms in total. The molecule has 0 saturated heterocycles. The lowest BCUT2D eigenvalue weighted by Crippen LogP contribution is -2.30. The summed E-state index contributed by atoms with van der Waals surface area (Å²) in [6, 6.07) is 3.65. The van der Waals surface area contributed by atoms with Crippen molar-refractivity contribution in [3.63, 3.8) is 0 Å². The topological polar surface area (TPSA) is 90.1 Å². The van der Waals surface area contributed by atoms with Gasteiger partial charge in [-0.05, 0) is 12.5 Å². The van der Waals surface area contributed by atoms with Crippen molar-refractivity contribution >= 4 is 34.2 Å². The average molecular weight is 297 g/mol. The number of amides is 1. The minimum atomic E-state index is -0.528. The Balaban J connectivity index is 2.39. The predicted octanol–water partition coefficient (Wildman–Crippen LogP) is 2.96. The molecule has 0 atom stereocenters. The minimum Gasteiger partial charge on any atom is -0.336 e. The van der Waals surface area contributed by atoms with Gasteiger partial charge in [0.1, 0.15) is 0 Å². The van der Waals surface area contributed by atoms with E-state index in [4.69, 9.17) is 11.6 Å². The summed E-state index contributed by atoms with van der Waals surface area (Å²) < 4.78 is 1.06. The zero-order valence-corrected chi connectivity index (χ0v) is 11.6. The predicted molar refractivity (Wildman–Crippen MR) is 75.1 cm³/mol. The molecule has 1 heterocycles. The summed E-state index contributed by atoms with van der Waals surface area (Å²) in [5.41, 5.74) is 0.204. The Kier molecular flexibility index (Phi) is 4.19. The van der Waals surface area contributed by atoms with E-state index >= 15 is 0 Å². The molecule has 1 amide bonds. The molecule has 1 N–H and O–H groups in total. The molecule has 0 fully saturated rings. The fourth-order valence-corrected chi connectivity index (χ4v) is 2.02. The number of nitrogens with zero attached hydrogens (tertiary/aromatic N) is 3. The van der Waals surface area contributed by atoms with Gasteiger partial charge in [0.25, 0.3) is 5.69 Å². The van der Waals surface area contributed by atoms with Crippen molar-refractivity contribution in [2.75, 3.05) is 6.54 Å². The number of unbranched alkanes of at least 4 members (excludes halogenated alkanes) is 1. The lowest BCUT2D eigenvalue weighted by atomic mass is 10.2. The van der Waals surface area contributed by atoms with Crippen LogP contribution in [0.15, 0.2) is 18.2 Å². The normalized spacial score (nSPS) is 10.7. The molecule has 20 heavy (non-hydrogen) atoms. The summed E-state index contributed by atoms with van der Waals surface area (Å²) in [6.07, 6.45) is 1.80. The van der Waals surface area contributed by atoms with E-state index in [1.807, 2.05) is 6.92 Å². The van der Waals surface area contributed by atoms with Gasteiger partial charge in [-0.15, -0.1) is 0 Å². The maximum atomic E-state index is 12.0. The van der Waals surface area contributed by atoms with Crippen LogP contribution in [0.2, 0.25) is 5.15 Å². The summed E-state index contributed by atoms with van der Waals surface area (Å²) in [4.78, 5) is 22.2. The second-order valence-corrected chi connectivity index (χ2v) is 4.60. The molecular formula is C12H13ClN4O3. The summed E-state index contributed by atoms with van der Waals surface area (Å²) in [6.45, 7) is 2.53. The molecule has 2 aromatic rings. The van der Waals surface area contributed by atoms with Crippen molar-refractivity contribution < 1.29 is 9.72 Å². The third-order valence-electron chi connectivity index (χ3n) is 2.83. The number of nitro benzene ring substituents is 1. The highest BCUT2D eigenvalue weighted by atomic mass is 35.5. The first-order valence-electron chi connectivity index (χ1n) is 6.15. The van der Waals surface area contributed by atoms with Gasteiger partial charge in [0, 0.05) is 24.1 Å². The highest BCUT2D eigenvalue weighted by Gasteiger charge is 2.17. The SMILES string of the molecule is CCCCNC(=O)n1nc(Cl)c2ccc([N+](=O)[O-])cc21. The zero-order valence-electron chi connectivity index (χ0n) is 10.8. The number of halogens is 1. The van der Waals surface area contributed by atoms with E-state index in [1.54, 1.807) is 0 Å². The van der Waals surface area contributed by atoms with Gasteiger partial charge >= 0.3 is 6.03 Å². The molecule has 0 bridgehead atoms. The van der Waals surface area contributed by atoms with Crippen molar-refractivity contribution in [2.24, 2.45) is 0 Å². The van der Waals surface area contributed by atoms with E-state index in [2.05, 4.69) is 10.4 Å². The average Bonchev–Trinajstić information content (AvgIpc) is 2.76. The Morgan fingerprint density at radius 2 is 2.30 bits per heavy atom.